The maximum absolute atomic E-state index is 13.4. The Kier molecular flexibility index (Phi) is 8.82. The highest BCUT2D eigenvalue weighted by Crippen LogP contribution is 2.36. The molecule has 4 amide bonds. The van der Waals surface area contributed by atoms with Gasteiger partial charge in [-0.1, -0.05) is 48.5 Å². The van der Waals surface area contributed by atoms with Crippen molar-refractivity contribution >= 4 is 52.8 Å². The number of thioether (sulfide) groups is 1. The van der Waals surface area contributed by atoms with Gasteiger partial charge in [-0.25, -0.2) is 9.29 Å². The Morgan fingerprint density at radius 2 is 1.51 bits per heavy atom. The van der Waals surface area contributed by atoms with E-state index in [-0.39, 0.29) is 23.9 Å². The number of benzene rings is 4. The van der Waals surface area contributed by atoms with Gasteiger partial charge in [-0.2, -0.15) is 0 Å². The third kappa shape index (κ3) is 6.90. The predicted molar refractivity (Wildman–Crippen MR) is 166 cm³/mol. The second kappa shape index (κ2) is 12.9. The molecule has 1 aliphatic rings. The minimum absolute atomic E-state index is 0.0273. The summed E-state index contributed by atoms with van der Waals surface area (Å²) in [6, 6.07) is 26.5. The quantitative estimate of drug-likeness (QED) is 0.185. The van der Waals surface area contributed by atoms with Crippen LogP contribution in [0.5, 0.6) is 0 Å². The fourth-order valence-electron chi connectivity index (χ4n) is 4.74. The van der Waals surface area contributed by atoms with Crippen molar-refractivity contribution in [1.82, 2.24) is 5.32 Å². The average Bonchev–Trinajstić information content (AvgIpc) is 3.27. The molecule has 1 atom stereocenters. The van der Waals surface area contributed by atoms with Gasteiger partial charge in [-0.15, -0.1) is 11.8 Å². The van der Waals surface area contributed by atoms with Gasteiger partial charge >= 0.3 is 0 Å². The molecule has 7 nitrogen and oxygen atoms in total. The molecule has 0 bridgehead atoms. The van der Waals surface area contributed by atoms with Crippen LogP contribution in [-0.4, -0.2) is 28.9 Å². The highest BCUT2D eigenvalue weighted by Gasteiger charge is 2.41. The summed E-state index contributed by atoms with van der Waals surface area (Å²) in [4.78, 5) is 54.2. The standard InChI is InChI=1S/C34H28FN3O4S/c1-21-7-6-8-22(2)31(21)38-30(39)20-29(34(38)42)43-27-17-15-26(16-18-27)36-33(41)28(19-23-11-13-25(35)14-12-23)37-32(40)24-9-4-3-5-10-24/h3-19,29H,20H2,1-2H3,(H,36,41)(H,37,40)/b28-19-. The molecule has 2 N–H and O–H groups in total. The van der Waals surface area contributed by atoms with E-state index >= 15 is 0 Å². The SMILES string of the molecule is Cc1cccc(C)c1N1C(=O)CC(Sc2ccc(NC(=O)/C(=C/c3ccc(F)cc3)NC(=O)c3ccccc3)cc2)C1=O. The van der Waals surface area contributed by atoms with Gasteiger partial charge in [0.15, 0.2) is 0 Å². The molecule has 1 fully saturated rings. The van der Waals surface area contributed by atoms with Gasteiger partial charge < -0.3 is 10.6 Å². The van der Waals surface area contributed by atoms with Crippen LogP contribution in [0.3, 0.4) is 0 Å². The van der Waals surface area contributed by atoms with E-state index in [0.717, 1.165) is 16.0 Å². The van der Waals surface area contributed by atoms with Crippen molar-refractivity contribution in [3.8, 4) is 0 Å². The monoisotopic (exact) mass is 593 g/mol. The van der Waals surface area contributed by atoms with E-state index in [9.17, 15) is 23.6 Å². The van der Waals surface area contributed by atoms with Crippen molar-refractivity contribution in [2.24, 2.45) is 0 Å². The van der Waals surface area contributed by atoms with Crippen LogP contribution >= 0.6 is 11.8 Å². The molecular formula is C34H28FN3O4S. The average molecular weight is 594 g/mol. The van der Waals surface area contributed by atoms with Gasteiger partial charge in [0.05, 0.1) is 10.9 Å². The lowest BCUT2D eigenvalue weighted by molar-refractivity contribution is -0.121. The van der Waals surface area contributed by atoms with E-state index in [1.54, 1.807) is 54.6 Å². The van der Waals surface area contributed by atoms with Gasteiger partial charge in [0.25, 0.3) is 11.8 Å². The molecule has 0 aromatic heterocycles. The first-order chi connectivity index (χ1) is 20.7. The Hall–Kier alpha value is -5.02. The van der Waals surface area contributed by atoms with Gasteiger partial charge in [0.2, 0.25) is 11.8 Å². The summed E-state index contributed by atoms with van der Waals surface area (Å²) in [6.45, 7) is 3.76. The minimum atomic E-state index is -0.574. The molecule has 216 valence electrons. The molecule has 1 aliphatic heterocycles. The number of carbonyl (C=O) groups is 4. The maximum Gasteiger partial charge on any atom is 0.272 e. The number of imide groups is 1. The number of rotatable bonds is 8. The zero-order valence-corrected chi connectivity index (χ0v) is 24.3. The largest absolute Gasteiger partial charge is 0.321 e. The molecule has 43 heavy (non-hydrogen) atoms. The van der Waals surface area contributed by atoms with Crippen LogP contribution in [0, 0.1) is 19.7 Å². The first-order valence-electron chi connectivity index (χ1n) is 13.5. The number of amides is 4. The molecule has 5 rings (SSSR count). The molecule has 1 unspecified atom stereocenters. The summed E-state index contributed by atoms with van der Waals surface area (Å²) in [5, 5.41) is 4.86. The van der Waals surface area contributed by atoms with Crippen molar-refractivity contribution in [1.29, 1.82) is 0 Å². The molecule has 4 aromatic rings. The van der Waals surface area contributed by atoms with Gasteiger partial charge in [-0.3, -0.25) is 19.2 Å². The predicted octanol–water partition coefficient (Wildman–Crippen LogP) is 6.28. The van der Waals surface area contributed by atoms with Crippen LogP contribution in [0.2, 0.25) is 0 Å². The van der Waals surface area contributed by atoms with Crippen molar-refractivity contribution in [2.75, 3.05) is 10.2 Å². The molecule has 0 spiro atoms. The molecule has 0 radical (unpaired) electrons. The van der Waals surface area contributed by atoms with Gasteiger partial charge in [-0.05, 0) is 85.1 Å². The maximum atomic E-state index is 13.4. The number of nitrogens with zero attached hydrogens (tertiary/aromatic N) is 1. The van der Waals surface area contributed by atoms with Crippen LogP contribution < -0.4 is 15.5 Å². The highest BCUT2D eigenvalue weighted by atomic mass is 32.2. The number of nitrogens with one attached hydrogen (secondary N) is 2. The summed E-state index contributed by atoms with van der Waals surface area (Å²) < 4.78 is 13.4. The smallest absolute Gasteiger partial charge is 0.272 e. The number of hydrogen-bond donors (Lipinski definition) is 2. The van der Waals surface area contributed by atoms with Crippen molar-refractivity contribution < 1.29 is 23.6 Å². The van der Waals surface area contributed by atoms with Crippen molar-refractivity contribution in [3.05, 3.63) is 131 Å². The Morgan fingerprint density at radius 1 is 0.860 bits per heavy atom. The lowest BCUT2D eigenvalue weighted by Gasteiger charge is -2.19. The number of carbonyl (C=O) groups excluding carboxylic acids is 4. The van der Waals surface area contributed by atoms with Crippen LogP contribution in [0.25, 0.3) is 6.08 Å². The Bertz CT molecular complexity index is 1700. The summed E-state index contributed by atoms with van der Waals surface area (Å²) >= 11 is 1.29. The fraction of sp³-hybridized carbons (Fsp3) is 0.118. The molecule has 9 heteroatoms. The first kappa shape index (κ1) is 29.5. The highest BCUT2D eigenvalue weighted by molar-refractivity contribution is 8.00. The second-order valence-electron chi connectivity index (χ2n) is 10.0. The Balaban J connectivity index is 1.29. The number of para-hydroxylation sites is 1. The summed E-state index contributed by atoms with van der Waals surface area (Å²) in [7, 11) is 0. The normalized spacial score (nSPS) is 15.0. The Labute approximate surface area is 252 Å². The van der Waals surface area contributed by atoms with E-state index in [4.69, 9.17) is 0 Å². The van der Waals surface area contributed by atoms with Crippen LogP contribution in [0.15, 0.2) is 108 Å². The number of anilines is 2. The van der Waals surface area contributed by atoms with Gasteiger partial charge in [0.1, 0.15) is 11.5 Å². The summed E-state index contributed by atoms with van der Waals surface area (Å²) in [5.41, 5.74) is 3.69. The summed E-state index contributed by atoms with van der Waals surface area (Å²) in [6.07, 6.45) is 1.55. The van der Waals surface area contributed by atoms with E-state index in [2.05, 4.69) is 10.6 Å². The topological polar surface area (TPSA) is 95.6 Å². The lowest BCUT2D eigenvalue weighted by atomic mass is 10.1. The fourth-order valence-corrected chi connectivity index (χ4v) is 5.79. The van der Waals surface area contributed by atoms with E-state index < -0.39 is 22.9 Å². The first-order valence-corrected chi connectivity index (χ1v) is 14.4. The second-order valence-corrected chi connectivity index (χ2v) is 11.3. The number of halogens is 1. The van der Waals surface area contributed by atoms with E-state index in [1.807, 2.05) is 32.0 Å². The molecule has 1 saturated heterocycles. The Morgan fingerprint density at radius 3 is 2.16 bits per heavy atom. The molecule has 0 saturated carbocycles. The third-order valence-electron chi connectivity index (χ3n) is 6.87. The van der Waals surface area contributed by atoms with Crippen molar-refractivity contribution in [2.45, 2.75) is 30.4 Å². The minimum Gasteiger partial charge on any atom is -0.321 e. The molecule has 1 heterocycles. The van der Waals surface area contributed by atoms with Crippen LogP contribution in [0.1, 0.15) is 33.5 Å². The van der Waals surface area contributed by atoms with E-state index in [0.29, 0.717) is 22.5 Å². The molecular weight excluding hydrogens is 565 g/mol. The van der Waals surface area contributed by atoms with Gasteiger partial charge in [0, 0.05) is 22.6 Å². The zero-order chi connectivity index (χ0) is 30.5. The van der Waals surface area contributed by atoms with E-state index in [1.165, 1.54) is 47.0 Å². The third-order valence-corrected chi connectivity index (χ3v) is 8.07. The number of aryl methyl sites for hydroxylation is 2. The lowest BCUT2D eigenvalue weighted by Crippen LogP contribution is -2.32. The van der Waals surface area contributed by atoms with Crippen LogP contribution in [0.4, 0.5) is 15.8 Å². The summed E-state index contributed by atoms with van der Waals surface area (Å²) in [5.74, 6) is -1.95. The molecule has 4 aromatic carbocycles. The number of hydrogen-bond acceptors (Lipinski definition) is 5. The molecule has 0 aliphatic carbocycles. The van der Waals surface area contributed by atoms with Crippen molar-refractivity contribution in [3.63, 3.8) is 0 Å². The zero-order valence-electron chi connectivity index (χ0n) is 23.5. The van der Waals surface area contributed by atoms with Crippen LogP contribution in [-0.2, 0) is 14.4 Å².